The highest BCUT2D eigenvalue weighted by atomic mass is 35.5. The van der Waals surface area contributed by atoms with Crippen molar-refractivity contribution in [2.24, 2.45) is 5.10 Å². The van der Waals surface area contributed by atoms with E-state index >= 15 is 0 Å². The second-order valence-electron chi connectivity index (χ2n) is 5.79. The molecule has 1 aromatic carbocycles. The van der Waals surface area contributed by atoms with Gasteiger partial charge in [-0.1, -0.05) is 56.2 Å². The standard InChI is InChI=1S/C16H15ClN4O2/c1-16(2,3)13-9-12(21-23-13)14(22)15(18-4)20-19-11-8-6-5-7-10(11)17/h5-9,19H,1-3H3/b20-15+. The van der Waals surface area contributed by atoms with Crippen molar-refractivity contribution in [1.29, 1.82) is 0 Å². The summed E-state index contributed by atoms with van der Waals surface area (Å²) in [5.74, 6) is -0.401. The van der Waals surface area contributed by atoms with Crippen LogP contribution < -0.4 is 5.43 Å². The zero-order valence-electron chi connectivity index (χ0n) is 12.9. The van der Waals surface area contributed by atoms with Crippen LogP contribution in [0.1, 0.15) is 37.0 Å². The summed E-state index contributed by atoms with van der Waals surface area (Å²) >= 11 is 5.98. The Morgan fingerprint density at radius 2 is 2.09 bits per heavy atom. The Bertz CT molecular complexity index is 797. The van der Waals surface area contributed by atoms with Gasteiger partial charge >= 0.3 is 5.84 Å². The first-order valence-electron chi connectivity index (χ1n) is 6.80. The molecule has 0 spiro atoms. The molecule has 23 heavy (non-hydrogen) atoms. The zero-order valence-corrected chi connectivity index (χ0v) is 13.7. The summed E-state index contributed by atoms with van der Waals surface area (Å²) in [4.78, 5) is 15.4. The number of aromatic nitrogens is 1. The van der Waals surface area contributed by atoms with Gasteiger partial charge in [-0.05, 0) is 17.2 Å². The molecule has 0 saturated carbocycles. The van der Waals surface area contributed by atoms with Crippen LogP contribution in [-0.4, -0.2) is 16.8 Å². The number of hydrogen-bond donors (Lipinski definition) is 1. The molecule has 0 radical (unpaired) electrons. The lowest BCUT2D eigenvalue weighted by molar-refractivity contribution is 0.105. The van der Waals surface area contributed by atoms with E-state index in [1.165, 1.54) is 6.07 Å². The van der Waals surface area contributed by atoms with Gasteiger partial charge in [-0.2, -0.15) is 0 Å². The molecule has 0 aliphatic heterocycles. The van der Waals surface area contributed by atoms with Crippen LogP contribution in [0.2, 0.25) is 5.02 Å². The van der Waals surface area contributed by atoms with Crippen molar-refractivity contribution < 1.29 is 9.32 Å². The highest BCUT2D eigenvalue weighted by Crippen LogP contribution is 2.23. The molecule has 0 saturated heterocycles. The fourth-order valence-electron chi connectivity index (χ4n) is 1.64. The van der Waals surface area contributed by atoms with Crippen molar-refractivity contribution in [3.8, 4) is 0 Å². The number of benzene rings is 1. The maximum absolute atomic E-state index is 12.3. The Morgan fingerprint density at radius 3 is 2.65 bits per heavy atom. The first-order valence-corrected chi connectivity index (χ1v) is 7.18. The van der Waals surface area contributed by atoms with Crippen LogP contribution in [0.3, 0.4) is 0 Å². The van der Waals surface area contributed by atoms with E-state index in [0.717, 1.165) is 0 Å². The van der Waals surface area contributed by atoms with Gasteiger partial charge in [0.15, 0.2) is 0 Å². The summed E-state index contributed by atoms with van der Waals surface area (Å²) in [5, 5.41) is 7.97. The predicted molar refractivity (Wildman–Crippen MR) is 88.6 cm³/mol. The number of anilines is 1. The minimum atomic E-state index is -0.612. The lowest BCUT2D eigenvalue weighted by Crippen LogP contribution is -2.13. The third-order valence-corrected chi connectivity index (χ3v) is 3.28. The van der Waals surface area contributed by atoms with E-state index in [-0.39, 0.29) is 16.9 Å². The number of hydrazone groups is 1. The fraction of sp³-hybridized carbons (Fsp3) is 0.250. The van der Waals surface area contributed by atoms with Crippen molar-refractivity contribution in [3.05, 3.63) is 58.2 Å². The van der Waals surface area contributed by atoms with Crippen LogP contribution in [0.25, 0.3) is 4.85 Å². The smallest absolute Gasteiger partial charge is 0.343 e. The molecule has 0 aliphatic rings. The lowest BCUT2D eigenvalue weighted by Gasteiger charge is -2.11. The van der Waals surface area contributed by atoms with E-state index in [2.05, 4.69) is 20.5 Å². The van der Waals surface area contributed by atoms with Crippen LogP contribution in [0.4, 0.5) is 5.69 Å². The Labute approximate surface area is 138 Å². The Hall–Kier alpha value is -2.65. The first kappa shape index (κ1) is 16.7. The third kappa shape index (κ3) is 3.96. The largest absolute Gasteiger partial charge is 0.360 e. The maximum Gasteiger partial charge on any atom is 0.343 e. The number of carbonyl (C=O) groups excluding carboxylic acids is 1. The number of ketones is 1. The van der Waals surface area contributed by atoms with Gasteiger partial charge in [0.25, 0.3) is 0 Å². The van der Waals surface area contributed by atoms with Gasteiger partial charge in [-0.3, -0.25) is 4.79 Å². The summed E-state index contributed by atoms with van der Waals surface area (Å²) in [6, 6.07) is 8.41. The topological polar surface area (TPSA) is 71.8 Å². The van der Waals surface area contributed by atoms with Crippen LogP contribution in [0.15, 0.2) is 40.0 Å². The molecule has 0 atom stereocenters. The van der Waals surface area contributed by atoms with E-state index in [1.54, 1.807) is 24.3 Å². The van der Waals surface area contributed by atoms with Crippen molar-refractivity contribution in [2.75, 3.05) is 5.43 Å². The van der Waals surface area contributed by atoms with Crippen LogP contribution in [0.5, 0.6) is 0 Å². The second kappa shape index (κ2) is 6.63. The molecule has 2 rings (SSSR count). The highest BCUT2D eigenvalue weighted by Gasteiger charge is 2.24. The number of nitrogens with zero attached hydrogens (tertiary/aromatic N) is 3. The number of para-hydroxylation sites is 1. The highest BCUT2D eigenvalue weighted by molar-refractivity contribution is 6.48. The molecule has 0 unspecified atom stereocenters. The SMILES string of the molecule is [C-]#[N+]/C(=N/Nc1ccccc1Cl)C(=O)c1cc(C(C)(C)C)on1. The number of hydrogen-bond acceptors (Lipinski definition) is 5. The van der Waals surface area contributed by atoms with Crippen molar-refractivity contribution >= 4 is 28.9 Å². The number of carbonyl (C=O) groups is 1. The number of halogens is 1. The fourth-order valence-corrected chi connectivity index (χ4v) is 1.82. The van der Waals surface area contributed by atoms with Gasteiger partial charge in [-0.15, -0.1) is 0 Å². The number of Topliss-reactive ketones (excluding diaryl/α,β-unsaturated/α-hetero) is 1. The van der Waals surface area contributed by atoms with E-state index in [1.807, 2.05) is 20.8 Å². The van der Waals surface area contributed by atoms with Gasteiger partial charge in [-0.25, -0.2) is 5.43 Å². The molecule has 1 N–H and O–H groups in total. The molecule has 1 heterocycles. The van der Waals surface area contributed by atoms with Crippen LogP contribution in [0, 0.1) is 6.57 Å². The average molecular weight is 331 g/mol. The van der Waals surface area contributed by atoms with Crippen LogP contribution >= 0.6 is 11.6 Å². The third-order valence-electron chi connectivity index (χ3n) is 2.95. The number of nitrogens with one attached hydrogen (secondary N) is 1. The number of rotatable bonds is 4. The van der Waals surface area contributed by atoms with Crippen LogP contribution in [-0.2, 0) is 5.41 Å². The van der Waals surface area contributed by atoms with E-state index in [4.69, 9.17) is 22.7 Å². The molecule has 6 nitrogen and oxygen atoms in total. The minimum absolute atomic E-state index is 0.0469. The summed E-state index contributed by atoms with van der Waals surface area (Å²) in [5.41, 5.74) is 2.88. The van der Waals surface area contributed by atoms with Crippen molar-refractivity contribution in [2.45, 2.75) is 26.2 Å². The Morgan fingerprint density at radius 1 is 1.39 bits per heavy atom. The Balaban J connectivity index is 2.22. The Kier molecular flexibility index (Phi) is 4.82. The predicted octanol–water partition coefficient (Wildman–Crippen LogP) is 4.15. The number of amidine groups is 1. The monoisotopic (exact) mass is 330 g/mol. The molecule has 0 bridgehead atoms. The summed E-state index contributed by atoms with van der Waals surface area (Å²) in [6.07, 6.45) is 0. The summed E-state index contributed by atoms with van der Waals surface area (Å²) in [6.45, 7) is 12.9. The van der Waals surface area contributed by atoms with Gasteiger partial charge in [0.05, 0.1) is 10.7 Å². The van der Waals surface area contributed by atoms with Gasteiger partial charge < -0.3 is 9.37 Å². The molecule has 7 heteroatoms. The molecular formula is C16H15ClN4O2. The summed E-state index contributed by atoms with van der Waals surface area (Å²) < 4.78 is 5.16. The van der Waals surface area contributed by atoms with Crippen molar-refractivity contribution in [1.82, 2.24) is 5.16 Å². The van der Waals surface area contributed by atoms with Gasteiger partial charge in [0, 0.05) is 11.5 Å². The molecule has 0 aliphatic carbocycles. The average Bonchev–Trinajstić information content (AvgIpc) is 2.99. The molecule has 0 amide bonds. The normalized spacial score (nSPS) is 11.9. The molecule has 0 fully saturated rings. The van der Waals surface area contributed by atoms with E-state index in [0.29, 0.717) is 16.5 Å². The zero-order chi connectivity index (χ0) is 17.0. The lowest BCUT2D eigenvalue weighted by atomic mass is 9.93. The first-order chi connectivity index (χ1) is 10.8. The van der Waals surface area contributed by atoms with E-state index < -0.39 is 5.78 Å². The molecule has 1 aromatic heterocycles. The van der Waals surface area contributed by atoms with E-state index in [9.17, 15) is 4.79 Å². The molecular weight excluding hydrogens is 316 g/mol. The second-order valence-corrected chi connectivity index (χ2v) is 6.20. The quantitative estimate of drug-likeness (QED) is 0.300. The molecule has 2 aromatic rings. The van der Waals surface area contributed by atoms with Crippen molar-refractivity contribution in [3.63, 3.8) is 0 Å². The molecule has 118 valence electrons. The van der Waals surface area contributed by atoms with Gasteiger partial charge in [0.2, 0.25) is 5.78 Å². The minimum Gasteiger partial charge on any atom is -0.360 e. The van der Waals surface area contributed by atoms with Gasteiger partial charge in [0.1, 0.15) is 11.5 Å². The summed E-state index contributed by atoms with van der Waals surface area (Å²) in [7, 11) is 0. The maximum atomic E-state index is 12.3.